The molecule has 0 radical (unpaired) electrons. The van der Waals surface area contributed by atoms with Crippen molar-refractivity contribution >= 4 is 0 Å². The quantitative estimate of drug-likeness (QED) is 0.445. The molecule has 10 heavy (non-hydrogen) atoms. The first-order valence-corrected chi connectivity index (χ1v) is 4.21. The van der Waals surface area contributed by atoms with E-state index in [9.17, 15) is 0 Å². The lowest BCUT2D eigenvalue weighted by Gasteiger charge is -1.94. The summed E-state index contributed by atoms with van der Waals surface area (Å²) in [6.07, 6.45) is 10.5. The summed E-state index contributed by atoms with van der Waals surface area (Å²) in [5.74, 6) is 0. The third kappa shape index (κ3) is 7.54. The van der Waals surface area contributed by atoms with Crippen molar-refractivity contribution in [3.63, 3.8) is 0 Å². The van der Waals surface area contributed by atoms with Crippen LogP contribution in [0, 0.1) is 0 Å². The fourth-order valence-electron chi connectivity index (χ4n) is 0.940. The molecule has 1 N–H and O–H groups in total. The summed E-state index contributed by atoms with van der Waals surface area (Å²) in [5, 5.41) is 8.29. The minimum Gasteiger partial charge on any atom is -0.516 e. The molecule has 1 heteroatoms. The van der Waals surface area contributed by atoms with Crippen LogP contribution in [0.2, 0.25) is 0 Å². The van der Waals surface area contributed by atoms with Crippen LogP contribution in [0.3, 0.4) is 0 Å². The second-order valence-corrected chi connectivity index (χ2v) is 2.59. The van der Waals surface area contributed by atoms with Gasteiger partial charge in [-0.25, -0.2) is 0 Å². The van der Waals surface area contributed by atoms with Crippen molar-refractivity contribution < 1.29 is 5.11 Å². The molecule has 0 aliphatic rings. The van der Waals surface area contributed by atoms with Crippen molar-refractivity contribution in [2.45, 2.75) is 45.4 Å². The molecule has 0 saturated heterocycles. The van der Waals surface area contributed by atoms with Gasteiger partial charge in [-0.1, -0.05) is 38.7 Å². The van der Waals surface area contributed by atoms with E-state index in [1.165, 1.54) is 32.1 Å². The Balaban J connectivity index is 2.77. The minimum absolute atomic E-state index is 1.03. The van der Waals surface area contributed by atoms with Gasteiger partial charge in [-0.3, -0.25) is 0 Å². The van der Waals surface area contributed by atoms with E-state index in [1.54, 1.807) is 0 Å². The van der Waals surface area contributed by atoms with Crippen molar-refractivity contribution in [2.24, 2.45) is 0 Å². The largest absolute Gasteiger partial charge is 0.516 e. The van der Waals surface area contributed by atoms with Gasteiger partial charge in [0.25, 0.3) is 0 Å². The Morgan fingerprint density at radius 1 is 1.10 bits per heavy atom. The van der Waals surface area contributed by atoms with Crippen LogP contribution in [0.4, 0.5) is 0 Å². The van der Waals surface area contributed by atoms with E-state index in [2.05, 4.69) is 6.92 Å². The maximum Gasteiger partial charge on any atom is 0.0751 e. The van der Waals surface area contributed by atoms with Crippen LogP contribution >= 0.6 is 0 Å². The highest BCUT2D eigenvalue weighted by Crippen LogP contribution is 2.04. The molecule has 0 spiro atoms. The standard InChI is InChI=1S/C9H18O/c1-2-3-4-5-6-7-8-9-10/h8-10H,2-7H2,1H3/b9-8-. The topological polar surface area (TPSA) is 20.2 Å². The van der Waals surface area contributed by atoms with Crippen LogP contribution in [0.25, 0.3) is 0 Å². The van der Waals surface area contributed by atoms with Crippen molar-refractivity contribution in [2.75, 3.05) is 0 Å². The molecule has 0 aromatic heterocycles. The van der Waals surface area contributed by atoms with Crippen molar-refractivity contribution in [1.82, 2.24) is 0 Å². The lowest BCUT2D eigenvalue weighted by Crippen LogP contribution is -1.75. The Kier molecular flexibility index (Phi) is 8.15. The fraction of sp³-hybridized carbons (Fsp3) is 0.778. The number of aliphatic hydroxyl groups is 1. The zero-order valence-corrected chi connectivity index (χ0v) is 6.84. The van der Waals surface area contributed by atoms with E-state index in [1.807, 2.05) is 6.08 Å². The molecule has 0 heterocycles. The predicted molar refractivity (Wildman–Crippen MR) is 45.1 cm³/mol. The van der Waals surface area contributed by atoms with E-state index in [4.69, 9.17) is 5.11 Å². The monoisotopic (exact) mass is 142 g/mol. The molecule has 0 saturated carbocycles. The molecule has 60 valence electrons. The van der Waals surface area contributed by atoms with Gasteiger partial charge < -0.3 is 5.11 Å². The molecule has 0 unspecified atom stereocenters. The van der Waals surface area contributed by atoms with Crippen LogP contribution in [-0.4, -0.2) is 5.11 Å². The molecule has 0 bridgehead atoms. The van der Waals surface area contributed by atoms with Crippen molar-refractivity contribution in [3.8, 4) is 0 Å². The number of aliphatic hydroxyl groups excluding tert-OH is 1. The summed E-state index contributed by atoms with van der Waals surface area (Å²) in [5.41, 5.74) is 0. The lowest BCUT2D eigenvalue weighted by molar-refractivity contribution is 0.469. The van der Waals surface area contributed by atoms with Gasteiger partial charge in [-0.2, -0.15) is 0 Å². The SMILES string of the molecule is CCCCCCC/C=C\O. The summed E-state index contributed by atoms with van der Waals surface area (Å²) in [4.78, 5) is 0. The molecular weight excluding hydrogens is 124 g/mol. The van der Waals surface area contributed by atoms with Gasteiger partial charge in [0, 0.05) is 0 Å². The highest BCUT2D eigenvalue weighted by molar-refractivity contribution is 4.70. The summed E-state index contributed by atoms with van der Waals surface area (Å²) >= 11 is 0. The molecular formula is C9H18O. The molecule has 0 atom stereocenters. The first-order valence-electron chi connectivity index (χ1n) is 4.21. The fourth-order valence-corrected chi connectivity index (χ4v) is 0.940. The van der Waals surface area contributed by atoms with Gasteiger partial charge in [-0.05, 0) is 12.8 Å². The van der Waals surface area contributed by atoms with Gasteiger partial charge in [0.15, 0.2) is 0 Å². The third-order valence-electron chi connectivity index (χ3n) is 1.58. The number of allylic oxidation sites excluding steroid dienone is 1. The third-order valence-corrected chi connectivity index (χ3v) is 1.58. The maximum absolute atomic E-state index is 8.29. The Morgan fingerprint density at radius 2 is 1.80 bits per heavy atom. The second kappa shape index (κ2) is 8.54. The highest BCUT2D eigenvalue weighted by atomic mass is 16.2. The molecule has 0 aromatic rings. The second-order valence-electron chi connectivity index (χ2n) is 2.59. The Labute approximate surface area is 63.8 Å². The number of hydrogen-bond donors (Lipinski definition) is 1. The smallest absolute Gasteiger partial charge is 0.0751 e. The Morgan fingerprint density at radius 3 is 2.40 bits per heavy atom. The molecule has 0 aliphatic heterocycles. The lowest BCUT2D eigenvalue weighted by atomic mass is 10.1. The number of hydrogen-bond acceptors (Lipinski definition) is 1. The Bertz CT molecular complexity index is 76.8. The molecule has 0 rings (SSSR count). The zero-order valence-electron chi connectivity index (χ0n) is 6.84. The summed E-state index contributed by atoms with van der Waals surface area (Å²) in [6, 6.07) is 0. The average molecular weight is 142 g/mol. The minimum atomic E-state index is 1.03. The van der Waals surface area contributed by atoms with Crippen LogP contribution < -0.4 is 0 Å². The Hall–Kier alpha value is -0.460. The van der Waals surface area contributed by atoms with E-state index in [0.717, 1.165) is 12.7 Å². The molecule has 0 amide bonds. The van der Waals surface area contributed by atoms with Crippen molar-refractivity contribution in [1.29, 1.82) is 0 Å². The predicted octanol–water partition coefficient (Wildman–Crippen LogP) is 3.42. The molecule has 1 nitrogen and oxygen atoms in total. The van der Waals surface area contributed by atoms with Gasteiger partial charge in [0.2, 0.25) is 0 Å². The van der Waals surface area contributed by atoms with Crippen LogP contribution in [0.1, 0.15) is 45.4 Å². The van der Waals surface area contributed by atoms with E-state index in [0.29, 0.717) is 0 Å². The van der Waals surface area contributed by atoms with Crippen LogP contribution in [-0.2, 0) is 0 Å². The van der Waals surface area contributed by atoms with Gasteiger partial charge >= 0.3 is 0 Å². The van der Waals surface area contributed by atoms with Crippen molar-refractivity contribution in [3.05, 3.63) is 12.3 Å². The van der Waals surface area contributed by atoms with Gasteiger partial charge in [0.05, 0.1) is 6.26 Å². The van der Waals surface area contributed by atoms with Crippen LogP contribution in [0.15, 0.2) is 12.3 Å². The number of rotatable bonds is 6. The van der Waals surface area contributed by atoms with Gasteiger partial charge in [0.1, 0.15) is 0 Å². The van der Waals surface area contributed by atoms with Crippen LogP contribution in [0.5, 0.6) is 0 Å². The van der Waals surface area contributed by atoms with E-state index < -0.39 is 0 Å². The summed E-state index contributed by atoms with van der Waals surface area (Å²) in [6.45, 7) is 2.22. The first kappa shape index (κ1) is 9.54. The molecule has 0 aliphatic carbocycles. The molecule has 0 aromatic carbocycles. The highest BCUT2D eigenvalue weighted by Gasteiger charge is 1.85. The maximum atomic E-state index is 8.29. The summed E-state index contributed by atoms with van der Waals surface area (Å²) in [7, 11) is 0. The zero-order chi connectivity index (χ0) is 7.66. The number of unbranched alkanes of at least 4 members (excludes halogenated alkanes) is 5. The van der Waals surface area contributed by atoms with E-state index >= 15 is 0 Å². The normalized spacial score (nSPS) is 10.9. The van der Waals surface area contributed by atoms with Gasteiger partial charge in [-0.15, -0.1) is 0 Å². The first-order chi connectivity index (χ1) is 4.91. The average Bonchev–Trinajstić information content (AvgIpc) is 1.97. The summed E-state index contributed by atoms with van der Waals surface area (Å²) < 4.78 is 0. The molecule has 0 fully saturated rings. The van der Waals surface area contributed by atoms with E-state index in [-0.39, 0.29) is 0 Å².